The fourth-order valence-electron chi connectivity index (χ4n) is 3.45. The quantitative estimate of drug-likeness (QED) is 0.893. The third kappa shape index (κ3) is 2.26. The van der Waals surface area contributed by atoms with E-state index in [9.17, 15) is 14.7 Å². The number of fused-ring (bicyclic) bond motifs is 1. The monoisotopic (exact) mass is 288 g/mol. The van der Waals surface area contributed by atoms with Crippen molar-refractivity contribution in [2.45, 2.75) is 37.6 Å². The highest BCUT2D eigenvalue weighted by Crippen LogP contribution is 2.36. The van der Waals surface area contributed by atoms with E-state index in [1.165, 1.54) is 0 Å². The Morgan fingerprint density at radius 2 is 2.19 bits per heavy atom. The molecule has 5 nitrogen and oxygen atoms in total. The summed E-state index contributed by atoms with van der Waals surface area (Å²) in [5, 5.41) is 12.7. The topological polar surface area (TPSA) is 69.6 Å². The Kier molecular flexibility index (Phi) is 3.35. The number of benzene rings is 1. The zero-order valence-electron chi connectivity index (χ0n) is 12.1. The number of carboxylic acid groups (broad SMARTS) is 1. The number of carboxylic acids is 1. The lowest BCUT2D eigenvalue weighted by Crippen LogP contribution is -2.51. The minimum absolute atomic E-state index is 0.0547. The number of carbonyl (C=O) groups is 2. The summed E-state index contributed by atoms with van der Waals surface area (Å²) in [6.07, 6.45) is 1.66. The van der Waals surface area contributed by atoms with Crippen molar-refractivity contribution in [2.75, 3.05) is 18.4 Å². The number of amides is 1. The van der Waals surface area contributed by atoms with Crippen molar-refractivity contribution < 1.29 is 14.7 Å². The molecular weight excluding hydrogens is 268 g/mol. The van der Waals surface area contributed by atoms with E-state index in [2.05, 4.69) is 5.32 Å². The van der Waals surface area contributed by atoms with Crippen LogP contribution in [0.15, 0.2) is 24.3 Å². The maximum atomic E-state index is 12.6. The molecule has 0 spiro atoms. The van der Waals surface area contributed by atoms with Crippen molar-refractivity contribution in [1.29, 1.82) is 0 Å². The van der Waals surface area contributed by atoms with Gasteiger partial charge in [0.25, 0.3) is 0 Å². The molecule has 1 aromatic rings. The van der Waals surface area contributed by atoms with Crippen LogP contribution >= 0.6 is 0 Å². The van der Waals surface area contributed by atoms with Crippen LogP contribution in [-0.4, -0.2) is 40.5 Å². The Labute approximate surface area is 123 Å². The lowest BCUT2D eigenvalue weighted by Gasteiger charge is -2.32. The molecule has 112 valence electrons. The molecule has 2 aliphatic heterocycles. The third-order valence-electron chi connectivity index (χ3n) is 4.76. The number of rotatable bonds is 3. The number of likely N-dealkylation sites (tertiary alicyclic amines) is 1. The molecule has 1 amide bonds. The zero-order valence-corrected chi connectivity index (χ0v) is 12.1. The molecule has 0 bridgehead atoms. The van der Waals surface area contributed by atoms with Crippen molar-refractivity contribution in [3.05, 3.63) is 29.8 Å². The summed E-state index contributed by atoms with van der Waals surface area (Å²) in [7, 11) is 0. The van der Waals surface area contributed by atoms with Gasteiger partial charge in [-0.2, -0.15) is 0 Å². The van der Waals surface area contributed by atoms with Crippen LogP contribution in [0, 0.1) is 0 Å². The van der Waals surface area contributed by atoms with E-state index in [0.717, 1.165) is 24.2 Å². The van der Waals surface area contributed by atoms with Gasteiger partial charge in [-0.05, 0) is 31.4 Å². The van der Waals surface area contributed by atoms with E-state index in [1.54, 1.807) is 11.8 Å². The first kappa shape index (κ1) is 13.9. The van der Waals surface area contributed by atoms with Gasteiger partial charge in [0.2, 0.25) is 5.91 Å². The average Bonchev–Trinajstić information content (AvgIpc) is 3.04. The molecule has 2 heterocycles. The number of nitrogens with one attached hydrogen (secondary N) is 1. The molecule has 2 unspecified atom stereocenters. The van der Waals surface area contributed by atoms with Gasteiger partial charge in [0, 0.05) is 31.1 Å². The number of aliphatic carboxylic acids is 1. The average molecular weight is 288 g/mol. The first-order chi connectivity index (χ1) is 10.0. The fourth-order valence-corrected chi connectivity index (χ4v) is 3.45. The molecule has 0 aromatic heterocycles. The van der Waals surface area contributed by atoms with Crippen molar-refractivity contribution in [1.82, 2.24) is 4.90 Å². The van der Waals surface area contributed by atoms with Gasteiger partial charge in [-0.3, -0.25) is 4.79 Å². The Morgan fingerprint density at radius 3 is 2.95 bits per heavy atom. The maximum absolute atomic E-state index is 12.6. The van der Waals surface area contributed by atoms with Gasteiger partial charge in [0.05, 0.1) is 0 Å². The summed E-state index contributed by atoms with van der Waals surface area (Å²) in [4.78, 5) is 25.6. The summed E-state index contributed by atoms with van der Waals surface area (Å²) >= 11 is 0. The van der Waals surface area contributed by atoms with Crippen molar-refractivity contribution in [3.8, 4) is 0 Å². The molecule has 2 N–H and O–H groups in total. The number of para-hydroxylation sites is 1. The Bertz CT molecular complexity index is 587. The predicted octanol–water partition coefficient (Wildman–Crippen LogP) is 2.05. The molecule has 0 aliphatic carbocycles. The van der Waals surface area contributed by atoms with Gasteiger partial charge in [0.1, 0.15) is 5.54 Å². The first-order valence-corrected chi connectivity index (χ1v) is 7.39. The second-order valence-corrected chi connectivity index (χ2v) is 6.10. The van der Waals surface area contributed by atoms with Crippen molar-refractivity contribution in [2.24, 2.45) is 0 Å². The number of hydrogen-bond acceptors (Lipinski definition) is 3. The fraction of sp³-hybridized carbons (Fsp3) is 0.500. The summed E-state index contributed by atoms with van der Waals surface area (Å²) in [6, 6.07) is 7.99. The van der Waals surface area contributed by atoms with Gasteiger partial charge in [-0.1, -0.05) is 18.2 Å². The lowest BCUT2D eigenvalue weighted by molar-refractivity contribution is -0.155. The van der Waals surface area contributed by atoms with Crippen LogP contribution in [0.2, 0.25) is 0 Å². The Balaban J connectivity index is 1.75. The highest BCUT2D eigenvalue weighted by Gasteiger charge is 2.46. The highest BCUT2D eigenvalue weighted by atomic mass is 16.4. The summed E-state index contributed by atoms with van der Waals surface area (Å²) < 4.78 is 0. The molecule has 3 rings (SSSR count). The van der Waals surface area contributed by atoms with E-state index in [4.69, 9.17) is 0 Å². The smallest absolute Gasteiger partial charge is 0.329 e. The van der Waals surface area contributed by atoms with E-state index >= 15 is 0 Å². The van der Waals surface area contributed by atoms with Crippen LogP contribution in [-0.2, 0) is 9.59 Å². The molecule has 1 aromatic carbocycles. The summed E-state index contributed by atoms with van der Waals surface area (Å²) in [6.45, 7) is 2.94. The zero-order chi connectivity index (χ0) is 15.0. The van der Waals surface area contributed by atoms with Crippen LogP contribution in [0.3, 0.4) is 0 Å². The molecule has 2 aliphatic rings. The minimum Gasteiger partial charge on any atom is -0.480 e. The number of carbonyl (C=O) groups excluding carboxylic acids is 1. The molecule has 0 radical (unpaired) electrons. The molecule has 5 heteroatoms. The Hall–Kier alpha value is -2.04. The Morgan fingerprint density at radius 1 is 1.43 bits per heavy atom. The number of nitrogens with zero attached hydrogens (tertiary/aromatic N) is 1. The molecule has 0 saturated carbocycles. The molecular formula is C16H20N2O3. The van der Waals surface area contributed by atoms with E-state index in [-0.39, 0.29) is 11.8 Å². The lowest BCUT2D eigenvalue weighted by atomic mass is 9.95. The third-order valence-corrected chi connectivity index (χ3v) is 4.76. The minimum atomic E-state index is -1.04. The normalized spacial score (nSPS) is 27.3. The standard InChI is InChI=1S/C16H20N2O3/c1-16(15(20)21)7-4-8-18(16)14(19)9-11-10-17-13-6-3-2-5-12(11)13/h2-3,5-6,11,17H,4,7-10H2,1H3,(H,20,21). The summed E-state index contributed by atoms with van der Waals surface area (Å²) in [5.41, 5.74) is 1.20. The molecule has 1 fully saturated rings. The van der Waals surface area contributed by atoms with Gasteiger partial charge < -0.3 is 15.3 Å². The van der Waals surface area contributed by atoms with E-state index in [0.29, 0.717) is 19.4 Å². The molecule has 21 heavy (non-hydrogen) atoms. The van der Waals surface area contributed by atoms with Crippen LogP contribution in [0.25, 0.3) is 0 Å². The maximum Gasteiger partial charge on any atom is 0.329 e. The second-order valence-electron chi connectivity index (χ2n) is 6.10. The number of hydrogen-bond donors (Lipinski definition) is 2. The predicted molar refractivity (Wildman–Crippen MR) is 79.3 cm³/mol. The van der Waals surface area contributed by atoms with Crippen LogP contribution in [0.4, 0.5) is 5.69 Å². The van der Waals surface area contributed by atoms with Gasteiger partial charge in [-0.15, -0.1) is 0 Å². The second kappa shape index (κ2) is 5.06. The van der Waals surface area contributed by atoms with Crippen LogP contribution < -0.4 is 5.32 Å². The highest BCUT2D eigenvalue weighted by molar-refractivity contribution is 5.88. The van der Waals surface area contributed by atoms with Crippen molar-refractivity contribution >= 4 is 17.6 Å². The van der Waals surface area contributed by atoms with E-state index < -0.39 is 11.5 Å². The van der Waals surface area contributed by atoms with E-state index in [1.807, 2.05) is 24.3 Å². The van der Waals surface area contributed by atoms with Gasteiger partial charge >= 0.3 is 5.97 Å². The summed E-state index contributed by atoms with van der Waals surface area (Å²) in [5.74, 6) is -0.827. The molecule has 2 atom stereocenters. The van der Waals surface area contributed by atoms with Crippen molar-refractivity contribution in [3.63, 3.8) is 0 Å². The van der Waals surface area contributed by atoms with Crippen LogP contribution in [0.1, 0.15) is 37.7 Å². The SMILES string of the molecule is CC1(C(=O)O)CCCN1C(=O)CC1CNc2ccccc21. The number of anilines is 1. The molecule has 1 saturated heterocycles. The van der Waals surface area contributed by atoms with Crippen LogP contribution in [0.5, 0.6) is 0 Å². The largest absolute Gasteiger partial charge is 0.480 e. The van der Waals surface area contributed by atoms with Gasteiger partial charge in [-0.25, -0.2) is 4.79 Å². The van der Waals surface area contributed by atoms with Gasteiger partial charge in [0.15, 0.2) is 0 Å². The first-order valence-electron chi connectivity index (χ1n) is 7.39.